The van der Waals surface area contributed by atoms with Crippen molar-refractivity contribution >= 4 is 23.8 Å². The summed E-state index contributed by atoms with van der Waals surface area (Å²) in [4.78, 5) is 8.73. The van der Waals surface area contributed by atoms with Crippen LogP contribution in [0, 0.1) is 13.8 Å². The third kappa shape index (κ3) is 3.61. The summed E-state index contributed by atoms with van der Waals surface area (Å²) in [5.41, 5.74) is 1.70. The Kier molecular flexibility index (Phi) is 4.01. The normalized spacial score (nSPS) is 11.7. The van der Waals surface area contributed by atoms with Gasteiger partial charge >= 0.3 is 0 Å². The molecule has 4 nitrogen and oxygen atoms in total. The predicted octanol–water partition coefficient (Wildman–Crippen LogP) is 4.99. The molecule has 110 valence electrons. The van der Waals surface area contributed by atoms with Crippen molar-refractivity contribution < 1.29 is 8.83 Å². The molecule has 0 spiro atoms. The number of rotatable bonds is 4. The van der Waals surface area contributed by atoms with Crippen LogP contribution in [-0.4, -0.2) is 12.4 Å². The zero-order chi connectivity index (χ0) is 15.4. The number of hydrogen-bond donors (Lipinski definition) is 0. The maximum absolute atomic E-state index is 5.44. The number of benzene rings is 1. The number of aliphatic imine (C=N–C) groups is 2. The molecule has 0 bridgehead atoms. The summed E-state index contributed by atoms with van der Waals surface area (Å²) in [7, 11) is 0. The van der Waals surface area contributed by atoms with Gasteiger partial charge in [-0.3, -0.25) is 9.98 Å². The van der Waals surface area contributed by atoms with Crippen molar-refractivity contribution in [3.8, 4) is 0 Å². The van der Waals surface area contributed by atoms with Crippen molar-refractivity contribution in [1.29, 1.82) is 0 Å². The fourth-order valence-corrected chi connectivity index (χ4v) is 1.95. The first kappa shape index (κ1) is 14.1. The third-order valence-corrected chi connectivity index (χ3v) is 3.05. The standard InChI is InChI=1S/C18H16N2O2/c1-13-3-9-17(21-13)11-19-15-5-7-16(8-6-15)20-12-18-10-4-14(2)22-18/h3-12H,1-2H3. The van der Waals surface area contributed by atoms with E-state index in [-0.39, 0.29) is 0 Å². The summed E-state index contributed by atoms with van der Waals surface area (Å²) in [6.45, 7) is 3.81. The van der Waals surface area contributed by atoms with Gasteiger partial charge in [0.1, 0.15) is 23.0 Å². The van der Waals surface area contributed by atoms with E-state index < -0.39 is 0 Å². The molecule has 2 heterocycles. The number of furan rings is 2. The number of aryl methyl sites for hydroxylation is 2. The quantitative estimate of drug-likeness (QED) is 0.636. The van der Waals surface area contributed by atoms with Gasteiger partial charge in [-0.1, -0.05) is 0 Å². The molecule has 0 aliphatic heterocycles. The molecule has 22 heavy (non-hydrogen) atoms. The summed E-state index contributed by atoms with van der Waals surface area (Å²) >= 11 is 0. The molecular formula is C18H16N2O2. The summed E-state index contributed by atoms with van der Waals surface area (Å²) in [6.07, 6.45) is 3.41. The minimum atomic E-state index is 0.743. The zero-order valence-electron chi connectivity index (χ0n) is 12.5. The highest BCUT2D eigenvalue weighted by atomic mass is 16.3. The van der Waals surface area contributed by atoms with Crippen LogP contribution < -0.4 is 0 Å². The second-order valence-corrected chi connectivity index (χ2v) is 4.93. The number of nitrogens with zero attached hydrogens (tertiary/aromatic N) is 2. The summed E-state index contributed by atoms with van der Waals surface area (Å²) in [5, 5.41) is 0. The van der Waals surface area contributed by atoms with E-state index in [1.165, 1.54) is 0 Å². The molecule has 0 unspecified atom stereocenters. The van der Waals surface area contributed by atoms with E-state index in [1.54, 1.807) is 12.4 Å². The van der Waals surface area contributed by atoms with Gasteiger partial charge < -0.3 is 8.83 Å². The van der Waals surface area contributed by atoms with Crippen LogP contribution in [0.2, 0.25) is 0 Å². The average Bonchev–Trinajstić information content (AvgIpc) is 3.12. The smallest absolute Gasteiger partial charge is 0.145 e. The maximum atomic E-state index is 5.44. The molecule has 0 fully saturated rings. The monoisotopic (exact) mass is 292 g/mol. The Balaban J connectivity index is 1.67. The molecule has 4 heteroatoms. The van der Waals surface area contributed by atoms with Crippen LogP contribution in [0.4, 0.5) is 11.4 Å². The summed E-state index contributed by atoms with van der Waals surface area (Å²) in [6, 6.07) is 15.2. The highest BCUT2D eigenvalue weighted by Crippen LogP contribution is 2.19. The molecule has 0 N–H and O–H groups in total. The van der Waals surface area contributed by atoms with Gasteiger partial charge in [-0.05, 0) is 62.4 Å². The third-order valence-electron chi connectivity index (χ3n) is 3.05. The van der Waals surface area contributed by atoms with Crippen LogP contribution in [-0.2, 0) is 0 Å². The van der Waals surface area contributed by atoms with Crippen molar-refractivity contribution in [2.75, 3.05) is 0 Å². The van der Waals surface area contributed by atoms with Gasteiger partial charge in [0, 0.05) is 0 Å². The Hall–Kier alpha value is -2.88. The second kappa shape index (κ2) is 6.26. The summed E-state index contributed by atoms with van der Waals surface area (Å²) in [5.74, 6) is 3.24. The van der Waals surface area contributed by atoms with E-state index in [0.29, 0.717) is 0 Å². The van der Waals surface area contributed by atoms with Gasteiger partial charge in [-0.15, -0.1) is 0 Å². The molecule has 0 atom stereocenters. The van der Waals surface area contributed by atoms with E-state index in [1.807, 2.05) is 62.4 Å². The first-order valence-corrected chi connectivity index (χ1v) is 7.00. The Morgan fingerprint density at radius 1 is 0.636 bits per heavy atom. The fraction of sp³-hybridized carbons (Fsp3) is 0.111. The highest BCUT2D eigenvalue weighted by Gasteiger charge is 1.96. The number of hydrogen-bond acceptors (Lipinski definition) is 4. The highest BCUT2D eigenvalue weighted by molar-refractivity contribution is 5.80. The van der Waals surface area contributed by atoms with Gasteiger partial charge in [-0.2, -0.15) is 0 Å². The SMILES string of the molecule is Cc1ccc(C=Nc2ccc(N=Cc3ccc(C)o3)cc2)o1. The predicted molar refractivity (Wildman–Crippen MR) is 87.8 cm³/mol. The van der Waals surface area contributed by atoms with Crippen LogP contribution in [0.25, 0.3) is 0 Å². The van der Waals surface area contributed by atoms with Crippen LogP contribution in [0.5, 0.6) is 0 Å². The molecule has 3 aromatic rings. The first-order valence-electron chi connectivity index (χ1n) is 7.00. The molecule has 0 amide bonds. The lowest BCUT2D eigenvalue weighted by Crippen LogP contribution is -1.75. The first-order chi connectivity index (χ1) is 10.7. The minimum absolute atomic E-state index is 0.743. The molecule has 0 saturated heterocycles. The zero-order valence-corrected chi connectivity index (χ0v) is 12.5. The Labute approximate surface area is 128 Å². The molecule has 1 aromatic carbocycles. The Bertz CT molecular complexity index is 738. The molecule has 0 aliphatic rings. The van der Waals surface area contributed by atoms with E-state index >= 15 is 0 Å². The molecule has 0 aliphatic carbocycles. The Morgan fingerprint density at radius 2 is 1.05 bits per heavy atom. The van der Waals surface area contributed by atoms with Gasteiger partial charge in [0.2, 0.25) is 0 Å². The molecular weight excluding hydrogens is 276 g/mol. The topological polar surface area (TPSA) is 51.0 Å². The largest absolute Gasteiger partial charge is 0.460 e. The fourth-order valence-electron chi connectivity index (χ4n) is 1.95. The van der Waals surface area contributed by atoms with Crippen molar-refractivity contribution in [2.24, 2.45) is 9.98 Å². The average molecular weight is 292 g/mol. The van der Waals surface area contributed by atoms with Gasteiger partial charge in [0.25, 0.3) is 0 Å². The minimum Gasteiger partial charge on any atom is -0.460 e. The van der Waals surface area contributed by atoms with Crippen molar-refractivity contribution in [2.45, 2.75) is 13.8 Å². The van der Waals surface area contributed by atoms with E-state index in [4.69, 9.17) is 8.83 Å². The molecule has 3 rings (SSSR count). The lowest BCUT2D eigenvalue weighted by molar-refractivity contribution is 0.527. The molecule has 0 saturated carbocycles. The van der Waals surface area contributed by atoms with Crippen LogP contribution in [0.3, 0.4) is 0 Å². The van der Waals surface area contributed by atoms with Gasteiger partial charge in [-0.25, -0.2) is 0 Å². The van der Waals surface area contributed by atoms with Crippen LogP contribution in [0.1, 0.15) is 23.0 Å². The molecule has 0 radical (unpaired) electrons. The van der Waals surface area contributed by atoms with Crippen LogP contribution >= 0.6 is 0 Å². The Morgan fingerprint density at radius 3 is 1.36 bits per heavy atom. The van der Waals surface area contributed by atoms with Crippen molar-refractivity contribution in [3.63, 3.8) is 0 Å². The maximum Gasteiger partial charge on any atom is 0.145 e. The van der Waals surface area contributed by atoms with Crippen LogP contribution in [0.15, 0.2) is 67.4 Å². The van der Waals surface area contributed by atoms with Crippen molar-refractivity contribution in [1.82, 2.24) is 0 Å². The lowest BCUT2D eigenvalue weighted by Gasteiger charge is -1.95. The van der Waals surface area contributed by atoms with Crippen molar-refractivity contribution in [3.05, 3.63) is 71.6 Å². The molecule has 2 aromatic heterocycles. The van der Waals surface area contributed by atoms with Gasteiger partial charge in [0.15, 0.2) is 0 Å². The van der Waals surface area contributed by atoms with Gasteiger partial charge in [0.05, 0.1) is 23.8 Å². The summed E-state index contributed by atoms with van der Waals surface area (Å²) < 4.78 is 10.9. The van der Waals surface area contributed by atoms with E-state index in [0.717, 1.165) is 34.4 Å². The van der Waals surface area contributed by atoms with E-state index in [9.17, 15) is 0 Å². The lowest BCUT2D eigenvalue weighted by atomic mass is 10.3. The van der Waals surface area contributed by atoms with E-state index in [2.05, 4.69) is 9.98 Å². The second-order valence-electron chi connectivity index (χ2n) is 4.93.